The summed E-state index contributed by atoms with van der Waals surface area (Å²) in [5.41, 5.74) is -0.0700. The molecule has 4 bridgehead atoms. The number of hydrogen-bond donors (Lipinski definition) is 1. The lowest BCUT2D eigenvalue weighted by Crippen LogP contribution is -2.56. The largest absolute Gasteiger partial charge is 0.351 e. The van der Waals surface area contributed by atoms with E-state index >= 15 is 0 Å². The van der Waals surface area contributed by atoms with Crippen LogP contribution in [0.3, 0.4) is 0 Å². The molecule has 0 aromatic carbocycles. The van der Waals surface area contributed by atoms with Crippen molar-refractivity contribution >= 4 is 5.91 Å². The first-order chi connectivity index (χ1) is 11.0. The molecule has 1 atom stereocenters. The second-order valence-corrected chi connectivity index (χ2v) is 8.61. The molecule has 4 fully saturated rings. The molecule has 5 heteroatoms. The van der Waals surface area contributed by atoms with Crippen molar-refractivity contribution in [2.75, 3.05) is 0 Å². The van der Waals surface area contributed by atoms with Gasteiger partial charge in [-0.25, -0.2) is 0 Å². The fourth-order valence-corrected chi connectivity index (χ4v) is 5.65. The molecule has 23 heavy (non-hydrogen) atoms. The monoisotopic (exact) mass is 316 g/mol. The molecule has 4 aliphatic carbocycles. The minimum atomic E-state index is -0.0700. The Hall–Kier alpha value is -1.39. The third-order valence-corrected chi connectivity index (χ3v) is 6.47. The van der Waals surface area contributed by atoms with Crippen molar-refractivity contribution in [2.24, 2.45) is 29.1 Å². The zero-order chi connectivity index (χ0) is 16.0. The summed E-state index contributed by atoms with van der Waals surface area (Å²) < 4.78 is 0. The lowest BCUT2D eigenvalue weighted by atomic mass is 9.49. The highest BCUT2D eigenvalue weighted by Crippen LogP contribution is 2.60. The Morgan fingerprint density at radius 3 is 2.13 bits per heavy atom. The first-order valence-corrected chi connectivity index (χ1v) is 9.19. The molecule has 0 aliphatic heterocycles. The van der Waals surface area contributed by atoms with Crippen LogP contribution in [0.25, 0.3) is 0 Å². The molecular formula is C18H28N4O. The predicted molar refractivity (Wildman–Crippen MR) is 87.4 cm³/mol. The number of nitrogens with one attached hydrogen (secondary N) is 1. The predicted octanol–water partition coefficient (Wildman–Crippen LogP) is 2.64. The van der Waals surface area contributed by atoms with E-state index in [-0.39, 0.29) is 11.5 Å². The van der Waals surface area contributed by atoms with E-state index in [0.29, 0.717) is 18.4 Å². The molecule has 5 nitrogen and oxygen atoms in total. The van der Waals surface area contributed by atoms with Crippen molar-refractivity contribution < 1.29 is 4.79 Å². The molecule has 5 rings (SSSR count). The summed E-state index contributed by atoms with van der Waals surface area (Å²) in [6.45, 7) is 4.98. The van der Waals surface area contributed by atoms with Gasteiger partial charge in [0.1, 0.15) is 0 Å². The van der Waals surface area contributed by atoms with E-state index in [0.717, 1.165) is 37.0 Å². The molecule has 1 aromatic heterocycles. The maximum Gasteiger partial charge on any atom is 0.226 e. The van der Waals surface area contributed by atoms with Crippen LogP contribution in [0.2, 0.25) is 0 Å². The minimum absolute atomic E-state index is 0.0700. The number of nitrogens with zero attached hydrogens (tertiary/aromatic N) is 3. The Labute approximate surface area is 138 Å². The van der Waals surface area contributed by atoms with Crippen molar-refractivity contribution in [1.29, 1.82) is 0 Å². The van der Waals surface area contributed by atoms with Crippen molar-refractivity contribution in [1.82, 2.24) is 20.3 Å². The van der Waals surface area contributed by atoms with Crippen LogP contribution in [0.1, 0.15) is 52.4 Å². The van der Waals surface area contributed by atoms with Gasteiger partial charge in [-0.15, -0.1) is 0 Å². The van der Waals surface area contributed by atoms with E-state index in [1.807, 2.05) is 0 Å². The Bertz CT molecular complexity index is 530. The number of amides is 1. The van der Waals surface area contributed by atoms with Gasteiger partial charge in [-0.3, -0.25) is 4.79 Å². The number of carbonyl (C=O) groups excluding carboxylic acids is 1. The minimum Gasteiger partial charge on any atom is -0.351 e. The summed E-state index contributed by atoms with van der Waals surface area (Å²) in [7, 11) is 0. The van der Waals surface area contributed by atoms with Crippen LogP contribution in [-0.4, -0.2) is 26.9 Å². The SMILES string of the molecule is CC(C)C(Cn1nccn1)NC(=O)C12CC3CC(CC(C3)C1)C2. The maximum absolute atomic E-state index is 13.2. The van der Waals surface area contributed by atoms with Gasteiger partial charge in [-0.2, -0.15) is 15.0 Å². The van der Waals surface area contributed by atoms with Crippen LogP contribution in [0.15, 0.2) is 12.4 Å². The van der Waals surface area contributed by atoms with Crippen LogP contribution >= 0.6 is 0 Å². The van der Waals surface area contributed by atoms with E-state index in [1.165, 1.54) is 19.3 Å². The molecule has 0 spiro atoms. The fraction of sp³-hybridized carbons (Fsp3) is 0.833. The second kappa shape index (κ2) is 5.60. The maximum atomic E-state index is 13.2. The molecular weight excluding hydrogens is 288 g/mol. The third kappa shape index (κ3) is 2.79. The molecule has 126 valence electrons. The number of aromatic nitrogens is 3. The van der Waals surface area contributed by atoms with Gasteiger partial charge in [0.25, 0.3) is 0 Å². The number of carbonyl (C=O) groups is 1. The standard InChI is InChI=1S/C18H28N4O/c1-12(2)16(11-22-19-3-4-20-22)21-17(23)18-8-13-5-14(9-18)7-15(6-13)10-18/h3-4,12-16H,5-11H2,1-2H3,(H,21,23). The van der Waals surface area contributed by atoms with Gasteiger partial charge in [0.2, 0.25) is 5.91 Å². The van der Waals surface area contributed by atoms with Gasteiger partial charge >= 0.3 is 0 Å². The first-order valence-electron chi connectivity index (χ1n) is 9.19. The van der Waals surface area contributed by atoms with E-state index in [9.17, 15) is 4.79 Å². The molecule has 1 aromatic rings. The van der Waals surface area contributed by atoms with Crippen molar-refractivity contribution in [3.8, 4) is 0 Å². The van der Waals surface area contributed by atoms with Gasteiger partial charge in [-0.1, -0.05) is 13.8 Å². The summed E-state index contributed by atoms with van der Waals surface area (Å²) >= 11 is 0. The highest BCUT2D eigenvalue weighted by Gasteiger charge is 2.54. The van der Waals surface area contributed by atoms with Crippen molar-refractivity contribution in [2.45, 2.75) is 65.0 Å². The highest BCUT2D eigenvalue weighted by atomic mass is 16.2. The molecule has 4 saturated carbocycles. The first kappa shape index (κ1) is 15.2. The molecule has 0 radical (unpaired) electrons. The summed E-state index contributed by atoms with van der Waals surface area (Å²) in [5.74, 6) is 3.09. The Balaban J connectivity index is 1.47. The van der Waals surface area contributed by atoms with Crippen LogP contribution in [-0.2, 0) is 11.3 Å². The average Bonchev–Trinajstić information content (AvgIpc) is 2.98. The Morgan fingerprint density at radius 2 is 1.65 bits per heavy atom. The molecule has 1 amide bonds. The van der Waals surface area contributed by atoms with Gasteiger partial charge in [0.05, 0.1) is 25.0 Å². The summed E-state index contributed by atoms with van der Waals surface area (Å²) in [4.78, 5) is 14.9. The second-order valence-electron chi connectivity index (χ2n) is 8.61. The lowest BCUT2D eigenvalue weighted by molar-refractivity contribution is -0.147. The number of rotatable bonds is 5. The summed E-state index contributed by atoms with van der Waals surface area (Å²) in [6, 6.07) is 0.0999. The van der Waals surface area contributed by atoms with E-state index < -0.39 is 0 Å². The van der Waals surface area contributed by atoms with Crippen molar-refractivity contribution in [3.63, 3.8) is 0 Å². The van der Waals surface area contributed by atoms with Crippen molar-refractivity contribution in [3.05, 3.63) is 12.4 Å². The van der Waals surface area contributed by atoms with Gasteiger partial charge in [0.15, 0.2) is 0 Å². The molecule has 4 aliphatic rings. The molecule has 1 N–H and O–H groups in total. The topological polar surface area (TPSA) is 59.8 Å². The lowest BCUT2D eigenvalue weighted by Gasteiger charge is -2.56. The van der Waals surface area contributed by atoms with Gasteiger partial charge in [0, 0.05) is 5.41 Å². The molecule has 0 saturated heterocycles. The van der Waals surface area contributed by atoms with E-state index in [2.05, 4.69) is 29.4 Å². The Kier molecular flexibility index (Phi) is 3.69. The molecule has 1 heterocycles. The van der Waals surface area contributed by atoms with Crippen LogP contribution in [0, 0.1) is 29.1 Å². The third-order valence-electron chi connectivity index (χ3n) is 6.47. The summed E-state index contributed by atoms with van der Waals surface area (Å²) in [6.07, 6.45) is 10.9. The summed E-state index contributed by atoms with van der Waals surface area (Å²) in [5, 5.41) is 11.8. The highest BCUT2D eigenvalue weighted by molar-refractivity contribution is 5.83. The fourth-order valence-electron chi connectivity index (χ4n) is 5.65. The number of hydrogen-bond acceptors (Lipinski definition) is 3. The van der Waals surface area contributed by atoms with Gasteiger partial charge in [-0.05, 0) is 62.2 Å². The normalized spacial score (nSPS) is 36.4. The van der Waals surface area contributed by atoms with Crippen LogP contribution < -0.4 is 5.32 Å². The smallest absolute Gasteiger partial charge is 0.226 e. The van der Waals surface area contributed by atoms with Crippen LogP contribution in [0.5, 0.6) is 0 Å². The Morgan fingerprint density at radius 1 is 1.13 bits per heavy atom. The van der Waals surface area contributed by atoms with Crippen LogP contribution in [0.4, 0.5) is 0 Å². The quantitative estimate of drug-likeness (QED) is 0.908. The van der Waals surface area contributed by atoms with E-state index in [1.54, 1.807) is 17.2 Å². The zero-order valence-electron chi connectivity index (χ0n) is 14.2. The van der Waals surface area contributed by atoms with E-state index in [4.69, 9.17) is 0 Å². The molecule has 1 unspecified atom stereocenters. The van der Waals surface area contributed by atoms with Gasteiger partial charge < -0.3 is 5.32 Å². The zero-order valence-corrected chi connectivity index (χ0v) is 14.2. The average molecular weight is 316 g/mol.